The molecule has 116 valence electrons. The topological polar surface area (TPSA) is 53.0 Å². The smallest absolute Gasteiger partial charge is 0.305 e. The second-order valence-corrected chi connectivity index (χ2v) is 5.89. The standard InChI is InChI=1S/C16H24N2O3/c1-16(12-15(19)20,18-8-10-21-11-9-18)13-4-6-14(7-5-13)17(2)3/h4-7H,8-12H2,1-3H3,(H,19,20). The van der Waals surface area contributed by atoms with E-state index in [4.69, 9.17) is 4.74 Å². The van der Waals surface area contributed by atoms with Gasteiger partial charge in [-0.1, -0.05) is 12.1 Å². The number of nitrogens with zero attached hydrogens (tertiary/aromatic N) is 2. The molecule has 1 unspecified atom stereocenters. The lowest BCUT2D eigenvalue weighted by Gasteiger charge is -2.43. The van der Waals surface area contributed by atoms with Crippen LogP contribution in [0.2, 0.25) is 0 Å². The molecule has 1 aromatic rings. The number of aliphatic carboxylic acids is 1. The summed E-state index contributed by atoms with van der Waals surface area (Å²) in [7, 11) is 3.99. The van der Waals surface area contributed by atoms with E-state index in [0.717, 1.165) is 24.3 Å². The number of anilines is 1. The van der Waals surface area contributed by atoms with Crippen molar-refractivity contribution in [2.75, 3.05) is 45.3 Å². The molecular formula is C16H24N2O3. The highest BCUT2D eigenvalue weighted by Crippen LogP contribution is 2.33. The molecule has 0 aromatic heterocycles. The highest BCUT2D eigenvalue weighted by molar-refractivity contribution is 5.69. The van der Waals surface area contributed by atoms with Gasteiger partial charge >= 0.3 is 5.97 Å². The molecule has 0 bridgehead atoms. The van der Waals surface area contributed by atoms with Crippen molar-refractivity contribution in [2.24, 2.45) is 0 Å². The van der Waals surface area contributed by atoms with Crippen LogP contribution < -0.4 is 4.90 Å². The summed E-state index contributed by atoms with van der Waals surface area (Å²) < 4.78 is 5.39. The predicted octanol–water partition coefficient (Wildman–Crippen LogP) is 1.77. The number of hydrogen-bond acceptors (Lipinski definition) is 4. The summed E-state index contributed by atoms with van der Waals surface area (Å²) in [6.07, 6.45) is 0.0916. The summed E-state index contributed by atoms with van der Waals surface area (Å²) >= 11 is 0. The molecule has 0 amide bonds. The number of carboxylic acids is 1. The monoisotopic (exact) mass is 292 g/mol. The van der Waals surface area contributed by atoms with Crippen LogP contribution in [0.25, 0.3) is 0 Å². The molecule has 2 rings (SSSR count). The highest BCUT2D eigenvalue weighted by atomic mass is 16.5. The SMILES string of the molecule is CN(C)c1ccc(C(C)(CC(=O)O)N2CCOCC2)cc1. The van der Waals surface area contributed by atoms with E-state index in [1.165, 1.54) is 0 Å². The molecule has 0 radical (unpaired) electrons. The third kappa shape index (κ3) is 3.54. The summed E-state index contributed by atoms with van der Waals surface area (Å²) in [4.78, 5) is 15.6. The molecule has 5 heteroatoms. The third-order valence-electron chi connectivity index (χ3n) is 4.21. The summed E-state index contributed by atoms with van der Waals surface area (Å²) in [5, 5.41) is 9.32. The summed E-state index contributed by atoms with van der Waals surface area (Å²) in [5.74, 6) is -0.777. The first kappa shape index (κ1) is 15.8. The van der Waals surface area contributed by atoms with Crippen molar-refractivity contribution in [1.29, 1.82) is 0 Å². The van der Waals surface area contributed by atoms with Gasteiger partial charge in [0.2, 0.25) is 0 Å². The molecule has 0 spiro atoms. The second-order valence-electron chi connectivity index (χ2n) is 5.89. The van der Waals surface area contributed by atoms with E-state index in [2.05, 4.69) is 4.90 Å². The fourth-order valence-corrected chi connectivity index (χ4v) is 2.87. The lowest BCUT2D eigenvalue weighted by Crippen LogP contribution is -2.50. The van der Waals surface area contributed by atoms with Gasteiger partial charge in [0.25, 0.3) is 0 Å². The van der Waals surface area contributed by atoms with Crippen molar-refractivity contribution in [3.63, 3.8) is 0 Å². The maximum absolute atomic E-state index is 11.3. The first-order valence-electron chi connectivity index (χ1n) is 7.26. The molecule has 1 atom stereocenters. The minimum atomic E-state index is -0.777. The molecule has 1 saturated heterocycles. The number of benzene rings is 1. The van der Waals surface area contributed by atoms with Gasteiger partial charge in [0.1, 0.15) is 0 Å². The Morgan fingerprint density at radius 3 is 2.33 bits per heavy atom. The number of rotatable bonds is 5. The van der Waals surface area contributed by atoms with Crippen LogP contribution >= 0.6 is 0 Å². The average molecular weight is 292 g/mol. The lowest BCUT2D eigenvalue weighted by atomic mass is 9.86. The van der Waals surface area contributed by atoms with Crippen molar-refractivity contribution in [2.45, 2.75) is 18.9 Å². The van der Waals surface area contributed by atoms with Gasteiger partial charge in [-0.25, -0.2) is 0 Å². The zero-order valence-electron chi connectivity index (χ0n) is 13.0. The number of hydrogen-bond donors (Lipinski definition) is 1. The molecule has 21 heavy (non-hydrogen) atoms. The van der Waals surface area contributed by atoms with Gasteiger partial charge in [0, 0.05) is 32.9 Å². The Balaban J connectivity index is 2.31. The van der Waals surface area contributed by atoms with Gasteiger partial charge in [-0.3, -0.25) is 9.69 Å². The Hall–Kier alpha value is -1.59. The fraction of sp³-hybridized carbons (Fsp3) is 0.562. The van der Waals surface area contributed by atoms with Crippen molar-refractivity contribution >= 4 is 11.7 Å². The summed E-state index contributed by atoms with van der Waals surface area (Å²) in [6.45, 7) is 4.85. The molecule has 1 aliphatic heterocycles. The molecule has 1 N–H and O–H groups in total. The van der Waals surface area contributed by atoms with E-state index >= 15 is 0 Å². The van der Waals surface area contributed by atoms with Gasteiger partial charge < -0.3 is 14.7 Å². The minimum Gasteiger partial charge on any atom is -0.481 e. The van der Waals surface area contributed by atoms with E-state index in [-0.39, 0.29) is 6.42 Å². The Morgan fingerprint density at radius 2 is 1.86 bits per heavy atom. The maximum Gasteiger partial charge on any atom is 0.305 e. The van der Waals surface area contributed by atoms with Crippen LogP contribution in [0.4, 0.5) is 5.69 Å². The van der Waals surface area contributed by atoms with E-state index in [0.29, 0.717) is 13.2 Å². The molecule has 0 aliphatic carbocycles. The number of morpholine rings is 1. The van der Waals surface area contributed by atoms with Crippen LogP contribution in [0.15, 0.2) is 24.3 Å². The zero-order chi connectivity index (χ0) is 15.5. The van der Waals surface area contributed by atoms with Crippen LogP contribution in [0, 0.1) is 0 Å². The van der Waals surface area contributed by atoms with Crippen LogP contribution in [0.3, 0.4) is 0 Å². The van der Waals surface area contributed by atoms with E-state index in [9.17, 15) is 9.90 Å². The number of carboxylic acid groups (broad SMARTS) is 1. The molecule has 1 aliphatic rings. The minimum absolute atomic E-state index is 0.0916. The molecule has 1 aromatic carbocycles. The normalized spacial score (nSPS) is 19.0. The second kappa shape index (κ2) is 6.45. The molecule has 0 saturated carbocycles. The molecular weight excluding hydrogens is 268 g/mol. The van der Waals surface area contributed by atoms with Crippen molar-refractivity contribution in [3.05, 3.63) is 29.8 Å². The predicted molar refractivity (Wildman–Crippen MR) is 82.8 cm³/mol. The van der Waals surface area contributed by atoms with E-state index in [1.54, 1.807) is 0 Å². The third-order valence-corrected chi connectivity index (χ3v) is 4.21. The molecule has 1 fully saturated rings. The van der Waals surface area contributed by atoms with Gasteiger partial charge in [0.05, 0.1) is 25.2 Å². The molecule has 5 nitrogen and oxygen atoms in total. The lowest BCUT2D eigenvalue weighted by molar-refractivity contribution is -0.141. The first-order chi connectivity index (χ1) is 9.93. The van der Waals surface area contributed by atoms with Crippen LogP contribution in [-0.2, 0) is 15.1 Å². The number of ether oxygens (including phenoxy) is 1. The number of carbonyl (C=O) groups is 1. The summed E-state index contributed by atoms with van der Waals surface area (Å²) in [5.41, 5.74) is 1.65. The van der Waals surface area contributed by atoms with Crippen molar-refractivity contribution < 1.29 is 14.6 Å². The van der Waals surface area contributed by atoms with Crippen LogP contribution in [-0.4, -0.2) is 56.4 Å². The Morgan fingerprint density at radius 1 is 1.29 bits per heavy atom. The summed E-state index contributed by atoms with van der Waals surface area (Å²) in [6, 6.07) is 8.15. The maximum atomic E-state index is 11.3. The van der Waals surface area contributed by atoms with E-state index < -0.39 is 11.5 Å². The first-order valence-corrected chi connectivity index (χ1v) is 7.26. The molecule has 1 heterocycles. The fourth-order valence-electron chi connectivity index (χ4n) is 2.87. The largest absolute Gasteiger partial charge is 0.481 e. The quantitative estimate of drug-likeness (QED) is 0.896. The van der Waals surface area contributed by atoms with Gasteiger partial charge in [-0.2, -0.15) is 0 Å². The Bertz CT molecular complexity index is 481. The zero-order valence-corrected chi connectivity index (χ0v) is 13.0. The van der Waals surface area contributed by atoms with Crippen molar-refractivity contribution in [3.8, 4) is 0 Å². The Kier molecular flexibility index (Phi) is 4.85. The van der Waals surface area contributed by atoms with Gasteiger partial charge in [0.15, 0.2) is 0 Å². The van der Waals surface area contributed by atoms with Crippen LogP contribution in [0.5, 0.6) is 0 Å². The average Bonchev–Trinajstić information content (AvgIpc) is 2.47. The Labute approximate surface area is 126 Å². The van der Waals surface area contributed by atoms with Gasteiger partial charge in [-0.05, 0) is 24.6 Å². The van der Waals surface area contributed by atoms with Gasteiger partial charge in [-0.15, -0.1) is 0 Å². The van der Waals surface area contributed by atoms with E-state index in [1.807, 2.05) is 50.2 Å². The van der Waals surface area contributed by atoms with Crippen molar-refractivity contribution in [1.82, 2.24) is 4.90 Å². The van der Waals surface area contributed by atoms with Crippen LogP contribution in [0.1, 0.15) is 18.9 Å². The highest BCUT2D eigenvalue weighted by Gasteiger charge is 2.36.